The van der Waals surface area contributed by atoms with Crippen molar-refractivity contribution < 1.29 is 14.6 Å². The fourth-order valence-electron chi connectivity index (χ4n) is 1.69. The molecule has 1 heterocycles. The van der Waals surface area contributed by atoms with Gasteiger partial charge in [0.1, 0.15) is 11.3 Å². The number of halogens is 3. The molecule has 1 aromatic carbocycles. The van der Waals surface area contributed by atoms with E-state index in [-0.39, 0.29) is 32.3 Å². The third-order valence-corrected chi connectivity index (χ3v) is 3.58. The summed E-state index contributed by atoms with van der Waals surface area (Å²) in [5.74, 6) is -0.872. The lowest BCUT2D eigenvalue weighted by atomic mass is 10.2. The minimum atomic E-state index is -1.14. The standard InChI is InChI=1S/C12H9Cl3N2O3/c1-5-10(12(18)19)11(17(2)16-5)20-9-4-7(14)6(13)3-8(9)15/h3-4H,1-2H3,(H,18,19). The van der Waals surface area contributed by atoms with Crippen LogP contribution in [0.15, 0.2) is 12.1 Å². The number of aromatic carboxylic acids is 1. The second-order valence-corrected chi connectivity index (χ2v) is 5.21. The Balaban J connectivity index is 2.50. The molecule has 1 aromatic heterocycles. The molecule has 2 rings (SSSR count). The van der Waals surface area contributed by atoms with E-state index in [0.29, 0.717) is 5.69 Å². The van der Waals surface area contributed by atoms with Crippen molar-refractivity contribution in [3.8, 4) is 11.6 Å². The van der Waals surface area contributed by atoms with Gasteiger partial charge in [-0.25, -0.2) is 9.48 Å². The van der Waals surface area contributed by atoms with Gasteiger partial charge >= 0.3 is 5.97 Å². The van der Waals surface area contributed by atoms with Crippen LogP contribution in [-0.2, 0) is 7.05 Å². The number of nitrogens with zero attached hydrogens (tertiary/aromatic N) is 2. The van der Waals surface area contributed by atoms with Crippen LogP contribution in [0.5, 0.6) is 11.6 Å². The average Bonchev–Trinajstić information content (AvgIpc) is 2.61. The summed E-state index contributed by atoms with van der Waals surface area (Å²) in [5.41, 5.74) is 0.306. The molecule has 0 amide bonds. The molecular formula is C12H9Cl3N2O3. The van der Waals surface area contributed by atoms with Gasteiger partial charge in [-0.1, -0.05) is 34.8 Å². The lowest BCUT2D eigenvalue weighted by molar-refractivity contribution is 0.0693. The summed E-state index contributed by atoms with van der Waals surface area (Å²) in [6.07, 6.45) is 0. The third-order valence-electron chi connectivity index (χ3n) is 2.56. The van der Waals surface area contributed by atoms with Crippen LogP contribution in [0, 0.1) is 6.92 Å². The summed E-state index contributed by atoms with van der Waals surface area (Å²) in [7, 11) is 1.57. The van der Waals surface area contributed by atoms with E-state index in [2.05, 4.69) is 5.10 Å². The van der Waals surface area contributed by atoms with Gasteiger partial charge in [0.25, 0.3) is 0 Å². The molecule has 20 heavy (non-hydrogen) atoms. The number of hydrogen-bond donors (Lipinski definition) is 1. The summed E-state index contributed by atoms with van der Waals surface area (Å²) in [6.45, 7) is 1.58. The number of carboxylic acids is 1. The predicted octanol–water partition coefficient (Wildman–Crippen LogP) is 4.18. The molecule has 0 saturated carbocycles. The summed E-state index contributed by atoms with van der Waals surface area (Å²) in [5, 5.41) is 13.9. The Kier molecular flexibility index (Phi) is 4.13. The zero-order valence-electron chi connectivity index (χ0n) is 10.4. The van der Waals surface area contributed by atoms with E-state index in [9.17, 15) is 9.90 Å². The van der Waals surface area contributed by atoms with Crippen LogP contribution in [0.3, 0.4) is 0 Å². The van der Waals surface area contributed by atoms with Gasteiger partial charge in [0.2, 0.25) is 5.88 Å². The first-order valence-electron chi connectivity index (χ1n) is 5.40. The van der Waals surface area contributed by atoms with E-state index < -0.39 is 5.97 Å². The van der Waals surface area contributed by atoms with Crippen LogP contribution in [0.4, 0.5) is 0 Å². The van der Waals surface area contributed by atoms with Crippen LogP contribution < -0.4 is 4.74 Å². The van der Waals surface area contributed by atoms with Crippen molar-refractivity contribution >= 4 is 40.8 Å². The fraction of sp³-hybridized carbons (Fsp3) is 0.167. The van der Waals surface area contributed by atoms with E-state index >= 15 is 0 Å². The van der Waals surface area contributed by atoms with E-state index in [0.717, 1.165) is 0 Å². The Bertz CT molecular complexity index is 698. The van der Waals surface area contributed by atoms with Crippen LogP contribution in [0.1, 0.15) is 16.1 Å². The lowest BCUT2D eigenvalue weighted by Gasteiger charge is -2.09. The molecule has 0 saturated heterocycles. The van der Waals surface area contributed by atoms with Crippen molar-refractivity contribution in [2.24, 2.45) is 7.05 Å². The second-order valence-electron chi connectivity index (χ2n) is 3.99. The molecule has 2 aromatic rings. The smallest absolute Gasteiger partial charge is 0.343 e. The molecular weight excluding hydrogens is 327 g/mol. The molecule has 0 radical (unpaired) electrons. The molecule has 0 aliphatic heterocycles. The average molecular weight is 336 g/mol. The summed E-state index contributed by atoms with van der Waals surface area (Å²) in [4.78, 5) is 11.2. The molecule has 1 N–H and O–H groups in total. The minimum Gasteiger partial charge on any atom is -0.477 e. The predicted molar refractivity (Wildman–Crippen MR) is 76.5 cm³/mol. The van der Waals surface area contributed by atoms with Gasteiger partial charge in [0, 0.05) is 13.1 Å². The van der Waals surface area contributed by atoms with Gasteiger partial charge in [0.15, 0.2) is 0 Å². The topological polar surface area (TPSA) is 64.4 Å². The molecule has 8 heteroatoms. The fourth-order valence-corrected chi connectivity index (χ4v) is 2.26. The van der Waals surface area contributed by atoms with E-state index in [4.69, 9.17) is 39.5 Å². The molecule has 0 aliphatic carbocycles. The highest BCUT2D eigenvalue weighted by atomic mass is 35.5. The summed E-state index contributed by atoms with van der Waals surface area (Å²) >= 11 is 17.7. The summed E-state index contributed by atoms with van der Waals surface area (Å²) in [6, 6.07) is 2.84. The van der Waals surface area contributed by atoms with Gasteiger partial charge in [0.05, 0.1) is 20.8 Å². The summed E-state index contributed by atoms with van der Waals surface area (Å²) < 4.78 is 6.85. The highest BCUT2D eigenvalue weighted by molar-refractivity contribution is 6.43. The van der Waals surface area contributed by atoms with Crippen molar-refractivity contribution in [3.05, 3.63) is 38.5 Å². The molecule has 0 aliphatic rings. The first-order chi connectivity index (χ1) is 9.31. The van der Waals surface area contributed by atoms with Crippen LogP contribution >= 0.6 is 34.8 Å². The Morgan fingerprint density at radius 2 is 1.85 bits per heavy atom. The van der Waals surface area contributed by atoms with Gasteiger partial charge in [-0.05, 0) is 13.0 Å². The number of aryl methyl sites for hydroxylation is 2. The van der Waals surface area contributed by atoms with Gasteiger partial charge in [-0.15, -0.1) is 0 Å². The highest BCUT2D eigenvalue weighted by Gasteiger charge is 2.22. The first kappa shape index (κ1) is 15.0. The van der Waals surface area contributed by atoms with Crippen molar-refractivity contribution in [1.82, 2.24) is 9.78 Å². The quantitative estimate of drug-likeness (QED) is 0.855. The normalized spacial score (nSPS) is 10.7. The third kappa shape index (κ3) is 2.70. The van der Waals surface area contributed by atoms with Crippen LogP contribution in [-0.4, -0.2) is 20.9 Å². The SMILES string of the molecule is Cc1nn(C)c(Oc2cc(Cl)c(Cl)cc2Cl)c1C(=O)O. The number of hydrogen-bond acceptors (Lipinski definition) is 3. The van der Waals surface area contributed by atoms with Crippen molar-refractivity contribution in [1.29, 1.82) is 0 Å². The number of aromatic nitrogens is 2. The van der Waals surface area contributed by atoms with Crippen molar-refractivity contribution in [2.75, 3.05) is 0 Å². The minimum absolute atomic E-state index is 0.0327. The number of benzene rings is 1. The van der Waals surface area contributed by atoms with Crippen molar-refractivity contribution in [3.63, 3.8) is 0 Å². The maximum Gasteiger partial charge on any atom is 0.343 e. The van der Waals surface area contributed by atoms with Gasteiger partial charge in [-0.3, -0.25) is 0 Å². The second kappa shape index (κ2) is 5.52. The Morgan fingerprint density at radius 1 is 1.25 bits per heavy atom. The molecule has 0 bridgehead atoms. The zero-order valence-corrected chi connectivity index (χ0v) is 12.7. The highest BCUT2D eigenvalue weighted by Crippen LogP contribution is 2.37. The number of rotatable bonds is 3. The monoisotopic (exact) mass is 334 g/mol. The van der Waals surface area contributed by atoms with Gasteiger partial charge < -0.3 is 9.84 Å². The van der Waals surface area contributed by atoms with Gasteiger partial charge in [-0.2, -0.15) is 5.10 Å². The van der Waals surface area contributed by atoms with Crippen LogP contribution in [0.25, 0.3) is 0 Å². The Morgan fingerprint density at radius 3 is 2.45 bits per heavy atom. The lowest BCUT2D eigenvalue weighted by Crippen LogP contribution is -2.02. The number of ether oxygens (including phenoxy) is 1. The first-order valence-corrected chi connectivity index (χ1v) is 6.54. The van der Waals surface area contributed by atoms with E-state index in [1.165, 1.54) is 16.8 Å². The Hall–Kier alpha value is -1.43. The molecule has 0 fully saturated rings. The molecule has 5 nitrogen and oxygen atoms in total. The van der Waals surface area contributed by atoms with E-state index in [1.54, 1.807) is 14.0 Å². The number of carbonyl (C=O) groups is 1. The molecule has 0 unspecified atom stereocenters. The zero-order chi connectivity index (χ0) is 15.0. The molecule has 106 valence electrons. The maximum atomic E-state index is 11.2. The maximum absolute atomic E-state index is 11.2. The van der Waals surface area contributed by atoms with Crippen molar-refractivity contribution in [2.45, 2.75) is 6.92 Å². The van der Waals surface area contributed by atoms with Crippen LogP contribution in [0.2, 0.25) is 15.1 Å². The number of carboxylic acid groups (broad SMARTS) is 1. The molecule has 0 atom stereocenters. The Labute approximate surface area is 129 Å². The largest absolute Gasteiger partial charge is 0.477 e. The molecule has 0 spiro atoms. The van der Waals surface area contributed by atoms with E-state index in [1.807, 2.05) is 0 Å².